The molecule has 1 heterocycles. The third kappa shape index (κ3) is 3.83. The van der Waals surface area contributed by atoms with E-state index in [1.165, 1.54) is 10.6 Å². The molecule has 0 bridgehead atoms. The average Bonchev–Trinajstić information content (AvgIpc) is 2.91. The molecule has 26 heavy (non-hydrogen) atoms. The van der Waals surface area contributed by atoms with E-state index in [9.17, 15) is 18.3 Å². The van der Waals surface area contributed by atoms with E-state index in [0.29, 0.717) is 30.6 Å². The van der Waals surface area contributed by atoms with Crippen molar-refractivity contribution in [2.45, 2.75) is 25.8 Å². The van der Waals surface area contributed by atoms with Gasteiger partial charge in [0.05, 0.1) is 11.9 Å². The Labute approximate surface area is 153 Å². The van der Waals surface area contributed by atoms with Crippen LogP contribution in [0.5, 0.6) is 5.75 Å². The summed E-state index contributed by atoms with van der Waals surface area (Å²) in [7, 11) is -3.33. The highest BCUT2D eigenvalue weighted by Gasteiger charge is 2.32. The number of amides is 1. The van der Waals surface area contributed by atoms with Gasteiger partial charge in [0.25, 0.3) is 5.91 Å². The van der Waals surface area contributed by atoms with Crippen molar-refractivity contribution in [1.82, 2.24) is 5.32 Å². The number of nitrogens with one attached hydrogen (secondary N) is 1. The van der Waals surface area contributed by atoms with Crippen molar-refractivity contribution in [3.63, 3.8) is 0 Å². The zero-order valence-electron chi connectivity index (χ0n) is 14.8. The van der Waals surface area contributed by atoms with E-state index < -0.39 is 10.0 Å². The Kier molecular flexibility index (Phi) is 4.91. The Morgan fingerprint density at radius 3 is 2.58 bits per heavy atom. The van der Waals surface area contributed by atoms with Crippen LogP contribution in [0.2, 0.25) is 0 Å². The highest BCUT2D eigenvalue weighted by atomic mass is 32.2. The number of anilines is 1. The Morgan fingerprint density at radius 2 is 1.92 bits per heavy atom. The third-order valence-electron chi connectivity index (χ3n) is 4.49. The topological polar surface area (TPSA) is 86.7 Å². The zero-order valence-corrected chi connectivity index (χ0v) is 15.6. The highest BCUT2D eigenvalue weighted by Crippen LogP contribution is 2.34. The first-order valence-electron chi connectivity index (χ1n) is 8.44. The highest BCUT2D eigenvalue weighted by molar-refractivity contribution is 7.92. The normalized spacial score (nSPS) is 16.4. The zero-order chi connectivity index (χ0) is 18.9. The smallest absolute Gasteiger partial charge is 0.251 e. The van der Waals surface area contributed by atoms with E-state index >= 15 is 0 Å². The van der Waals surface area contributed by atoms with Gasteiger partial charge < -0.3 is 10.4 Å². The molecule has 0 aromatic heterocycles. The standard InChI is InChI=1S/C19H22N2O4S/c1-13-11-16-12-15(5-8-18(16)21(13)26(2,24)25)19(23)20-10-9-14-3-6-17(22)7-4-14/h3-8,12-13,22H,9-11H2,1-2H3,(H,20,23)/t13-/m1/s1. The van der Waals surface area contributed by atoms with Crippen molar-refractivity contribution < 1.29 is 18.3 Å². The van der Waals surface area contributed by atoms with Crippen LogP contribution < -0.4 is 9.62 Å². The molecular formula is C19H22N2O4S. The lowest BCUT2D eigenvalue weighted by atomic mass is 10.1. The number of phenolic OH excluding ortho intramolecular Hbond substituents is 1. The fourth-order valence-corrected chi connectivity index (χ4v) is 4.60. The lowest BCUT2D eigenvalue weighted by molar-refractivity contribution is 0.0954. The molecule has 1 aliphatic rings. The molecule has 0 radical (unpaired) electrons. The lowest BCUT2D eigenvalue weighted by Crippen LogP contribution is -2.34. The molecule has 3 rings (SSSR count). The van der Waals surface area contributed by atoms with Crippen molar-refractivity contribution in [3.05, 3.63) is 59.2 Å². The summed E-state index contributed by atoms with van der Waals surface area (Å²) < 4.78 is 25.3. The molecule has 0 saturated carbocycles. The van der Waals surface area contributed by atoms with Crippen molar-refractivity contribution in [2.24, 2.45) is 0 Å². The van der Waals surface area contributed by atoms with Gasteiger partial charge in [-0.2, -0.15) is 0 Å². The number of sulfonamides is 1. The van der Waals surface area contributed by atoms with Crippen LogP contribution in [-0.4, -0.2) is 38.3 Å². The predicted molar refractivity (Wildman–Crippen MR) is 101 cm³/mol. The van der Waals surface area contributed by atoms with Gasteiger partial charge in [0.2, 0.25) is 10.0 Å². The van der Waals surface area contributed by atoms with Crippen LogP contribution in [0.4, 0.5) is 5.69 Å². The molecule has 1 atom stereocenters. The first-order chi connectivity index (χ1) is 12.3. The average molecular weight is 374 g/mol. The summed E-state index contributed by atoms with van der Waals surface area (Å²) in [6.45, 7) is 2.34. The number of fused-ring (bicyclic) bond motifs is 1. The van der Waals surface area contributed by atoms with Crippen LogP contribution in [0.1, 0.15) is 28.4 Å². The van der Waals surface area contributed by atoms with Crippen molar-refractivity contribution >= 4 is 21.6 Å². The van der Waals surface area contributed by atoms with E-state index in [-0.39, 0.29) is 17.7 Å². The Hall–Kier alpha value is -2.54. The molecule has 2 aromatic carbocycles. The van der Waals surface area contributed by atoms with Gasteiger partial charge in [-0.1, -0.05) is 12.1 Å². The quantitative estimate of drug-likeness (QED) is 0.839. The van der Waals surface area contributed by atoms with Crippen LogP contribution in [-0.2, 0) is 22.9 Å². The van der Waals surface area contributed by atoms with Gasteiger partial charge in [-0.15, -0.1) is 0 Å². The van der Waals surface area contributed by atoms with Gasteiger partial charge in [-0.3, -0.25) is 9.10 Å². The third-order valence-corrected chi connectivity index (χ3v) is 5.76. The number of nitrogens with zero attached hydrogens (tertiary/aromatic N) is 1. The molecule has 6 nitrogen and oxygen atoms in total. The van der Waals surface area contributed by atoms with Gasteiger partial charge in [0.15, 0.2) is 0 Å². The summed E-state index contributed by atoms with van der Waals surface area (Å²) in [5, 5.41) is 12.1. The van der Waals surface area contributed by atoms with Crippen molar-refractivity contribution in [2.75, 3.05) is 17.1 Å². The molecule has 2 aromatic rings. The maximum absolute atomic E-state index is 12.4. The minimum Gasteiger partial charge on any atom is -0.508 e. The molecule has 0 fully saturated rings. The molecule has 1 amide bonds. The van der Waals surface area contributed by atoms with Crippen LogP contribution in [0.15, 0.2) is 42.5 Å². The Balaban J connectivity index is 1.66. The van der Waals surface area contributed by atoms with Gasteiger partial charge in [-0.25, -0.2) is 8.42 Å². The second-order valence-corrected chi connectivity index (χ2v) is 8.49. The molecular weight excluding hydrogens is 352 g/mol. The summed E-state index contributed by atoms with van der Waals surface area (Å²) in [6, 6.07) is 11.9. The molecule has 2 N–H and O–H groups in total. The molecule has 138 valence electrons. The lowest BCUT2D eigenvalue weighted by Gasteiger charge is -2.21. The fourth-order valence-electron chi connectivity index (χ4n) is 3.33. The minimum atomic E-state index is -3.33. The van der Waals surface area contributed by atoms with E-state index in [2.05, 4.69) is 5.32 Å². The van der Waals surface area contributed by atoms with Crippen molar-refractivity contribution in [1.29, 1.82) is 0 Å². The number of carbonyl (C=O) groups excluding carboxylic acids is 1. The van der Waals surface area contributed by atoms with Crippen LogP contribution in [0, 0.1) is 0 Å². The number of hydrogen-bond donors (Lipinski definition) is 2. The first kappa shape index (κ1) is 18.3. The number of rotatable bonds is 5. The molecule has 0 spiro atoms. The summed E-state index contributed by atoms with van der Waals surface area (Å²) in [4.78, 5) is 12.4. The predicted octanol–water partition coefficient (Wildman–Crippen LogP) is 2.08. The summed E-state index contributed by atoms with van der Waals surface area (Å²) in [6.07, 6.45) is 2.45. The maximum atomic E-state index is 12.4. The fraction of sp³-hybridized carbons (Fsp3) is 0.316. The van der Waals surface area contributed by atoms with E-state index in [0.717, 1.165) is 11.1 Å². The van der Waals surface area contributed by atoms with Crippen LogP contribution in [0.3, 0.4) is 0 Å². The largest absolute Gasteiger partial charge is 0.508 e. The molecule has 7 heteroatoms. The monoisotopic (exact) mass is 374 g/mol. The summed E-state index contributed by atoms with van der Waals surface area (Å²) in [5.41, 5.74) is 3.07. The van der Waals surface area contributed by atoms with E-state index in [1.807, 2.05) is 19.1 Å². The second-order valence-electron chi connectivity index (χ2n) is 6.63. The van der Waals surface area contributed by atoms with Gasteiger partial charge in [0, 0.05) is 18.2 Å². The molecule has 1 aliphatic heterocycles. The number of benzene rings is 2. The molecule has 0 unspecified atom stereocenters. The number of carbonyl (C=O) groups is 1. The molecule has 0 aliphatic carbocycles. The molecule has 0 saturated heterocycles. The first-order valence-corrected chi connectivity index (χ1v) is 10.3. The van der Waals surface area contributed by atoms with E-state index in [1.54, 1.807) is 30.3 Å². The SMILES string of the molecule is C[C@@H]1Cc2cc(C(=O)NCCc3ccc(O)cc3)ccc2N1S(C)(=O)=O. The number of phenols is 1. The minimum absolute atomic E-state index is 0.146. The summed E-state index contributed by atoms with van der Waals surface area (Å²) in [5.74, 6) is 0.0327. The number of hydrogen-bond acceptors (Lipinski definition) is 4. The van der Waals surface area contributed by atoms with Crippen LogP contribution >= 0.6 is 0 Å². The maximum Gasteiger partial charge on any atom is 0.251 e. The van der Waals surface area contributed by atoms with Gasteiger partial charge in [-0.05, 0) is 61.2 Å². The Bertz CT molecular complexity index is 923. The van der Waals surface area contributed by atoms with Crippen LogP contribution in [0.25, 0.3) is 0 Å². The van der Waals surface area contributed by atoms with Gasteiger partial charge >= 0.3 is 0 Å². The van der Waals surface area contributed by atoms with Gasteiger partial charge in [0.1, 0.15) is 5.75 Å². The second kappa shape index (κ2) is 6.99. The Morgan fingerprint density at radius 1 is 1.23 bits per heavy atom. The number of aromatic hydroxyl groups is 1. The summed E-state index contributed by atoms with van der Waals surface area (Å²) >= 11 is 0. The van der Waals surface area contributed by atoms with Crippen molar-refractivity contribution in [3.8, 4) is 5.75 Å². The van der Waals surface area contributed by atoms with E-state index in [4.69, 9.17) is 0 Å².